The second-order valence-electron chi connectivity index (χ2n) is 5.36. The van der Waals surface area contributed by atoms with E-state index in [4.69, 9.17) is 9.15 Å². The molecule has 4 aromatic rings. The van der Waals surface area contributed by atoms with Gasteiger partial charge < -0.3 is 14.5 Å². The van der Waals surface area contributed by atoms with E-state index in [1.165, 1.54) is 0 Å². The van der Waals surface area contributed by atoms with Gasteiger partial charge in [0.2, 0.25) is 0 Å². The Bertz CT molecular complexity index is 961. The first-order chi connectivity index (χ1) is 11.3. The van der Waals surface area contributed by atoms with Gasteiger partial charge in [-0.25, -0.2) is 0 Å². The maximum absolute atomic E-state index is 5.94. The van der Waals surface area contributed by atoms with E-state index in [1.54, 1.807) is 19.5 Å². The van der Waals surface area contributed by atoms with Crippen LogP contribution in [-0.2, 0) is 6.54 Å². The minimum absolute atomic E-state index is 0.699. The van der Waals surface area contributed by atoms with Crippen molar-refractivity contribution in [2.75, 3.05) is 12.4 Å². The first-order valence-corrected chi connectivity index (χ1v) is 7.47. The molecule has 2 aromatic heterocycles. The summed E-state index contributed by atoms with van der Waals surface area (Å²) >= 11 is 0. The second kappa shape index (κ2) is 5.65. The fraction of sp³-hybridized carbons (Fsp3) is 0.105. The number of nitrogens with zero attached hydrogens (tertiary/aromatic N) is 1. The van der Waals surface area contributed by atoms with Gasteiger partial charge in [0.15, 0.2) is 0 Å². The van der Waals surface area contributed by atoms with Crippen LogP contribution in [0.3, 0.4) is 0 Å². The average molecular weight is 304 g/mol. The van der Waals surface area contributed by atoms with Crippen LogP contribution in [0.4, 0.5) is 5.69 Å². The molecule has 2 aromatic carbocycles. The van der Waals surface area contributed by atoms with Crippen LogP contribution in [-0.4, -0.2) is 12.1 Å². The largest absolute Gasteiger partial charge is 0.495 e. The quantitative estimate of drug-likeness (QED) is 0.598. The van der Waals surface area contributed by atoms with Crippen LogP contribution < -0.4 is 10.1 Å². The summed E-state index contributed by atoms with van der Waals surface area (Å²) in [6, 6.07) is 16.0. The SMILES string of the molecule is COc1cc2c(cc1NCc1ccncc1)oc1ccccc12. The summed E-state index contributed by atoms with van der Waals surface area (Å²) in [6.07, 6.45) is 3.58. The molecular formula is C19H16N2O2. The van der Waals surface area contributed by atoms with Crippen LogP contribution in [0, 0.1) is 0 Å². The third kappa shape index (κ3) is 2.48. The predicted molar refractivity (Wildman–Crippen MR) is 91.8 cm³/mol. The predicted octanol–water partition coefficient (Wildman–Crippen LogP) is 4.60. The van der Waals surface area contributed by atoms with Crippen molar-refractivity contribution in [3.8, 4) is 5.75 Å². The van der Waals surface area contributed by atoms with Gasteiger partial charge in [-0.15, -0.1) is 0 Å². The number of ether oxygens (including phenoxy) is 1. The highest BCUT2D eigenvalue weighted by atomic mass is 16.5. The fourth-order valence-corrected chi connectivity index (χ4v) is 2.76. The zero-order chi connectivity index (χ0) is 15.6. The van der Waals surface area contributed by atoms with Gasteiger partial charge in [0.05, 0.1) is 12.8 Å². The van der Waals surface area contributed by atoms with Crippen LogP contribution in [0.2, 0.25) is 0 Å². The molecule has 0 atom stereocenters. The highest BCUT2D eigenvalue weighted by molar-refractivity contribution is 6.06. The van der Waals surface area contributed by atoms with Gasteiger partial charge >= 0.3 is 0 Å². The molecule has 1 N–H and O–H groups in total. The number of benzene rings is 2. The molecule has 0 saturated carbocycles. The second-order valence-corrected chi connectivity index (χ2v) is 5.36. The molecule has 0 fully saturated rings. The monoisotopic (exact) mass is 304 g/mol. The molecule has 0 aliphatic heterocycles. The fourth-order valence-electron chi connectivity index (χ4n) is 2.76. The highest BCUT2D eigenvalue weighted by Gasteiger charge is 2.11. The van der Waals surface area contributed by atoms with Crippen molar-refractivity contribution in [3.63, 3.8) is 0 Å². The third-order valence-corrected chi connectivity index (χ3v) is 3.93. The molecule has 0 radical (unpaired) electrons. The number of nitrogens with one attached hydrogen (secondary N) is 1. The molecule has 0 spiro atoms. The number of para-hydroxylation sites is 1. The summed E-state index contributed by atoms with van der Waals surface area (Å²) in [5.74, 6) is 0.804. The van der Waals surface area contributed by atoms with Gasteiger partial charge in [0, 0.05) is 35.8 Å². The Hall–Kier alpha value is -3.01. The Balaban J connectivity index is 1.75. The average Bonchev–Trinajstić information content (AvgIpc) is 2.97. The van der Waals surface area contributed by atoms with Gasteiger partial charge in [-0.1, -0.05) is 18.2 Å². The molecule has 23 heavy (non-hydrogen) atoms. The van der Waals surface area contributed by atoms with E-state index in [1.807, 2.05) is 42.5 Å². The summed E-state index contributed by atoms with van der Waals surface area (Å²) in [5.41, 5.74) is 3.81. The first-order valence-electron chi connectivity index (χ1n) is 7.47. The summed E-state index contributed by atoms with van der Waals surface area (Å²) in [6.45, 7) is 0.699. The van der Waals surface area contributed by atoms with Crippen LogP contribution in [0.1, 0.15) is 5.56 Å². The minimum Gasteiger partial charge on any atom is -0.495 e. The molecule has 114 valence electrons. The number of rotatable bonds is 4. The maximum atomic E-state index is 5.94. The third-order valence-electron chi connectivity index (χ3n) is 3.93. The van der Waals surface area contributed by atoms with Crippen molar-refractivity contribution in [1.82, 2.24) is 4.98 Å². The van der Waals surface area contributed by atoms with Crippen molar-refractivity contribution >= 4 is 27.6 Å². The van der Waals surface area contributed by atoms with Gasteiger partial charge in [-0.3, -0.25) is 4.98 Å². The first kappa shape index (κ1) is 13.6. The number of anilines is 1. The van der Waals surface area contributed by atoms with E-state index in [0.29, 0.717) is 6.54 Å². The number of methoxy groups -OCH3 is 1. The van der Waals surface area contributed by atoms with Crippen molar-refractivity contribution in [2.24, 2.45) is 0 Å². The van der Waals surface area contributed by atoms with Gasteiger partial charge in [0.25, 0.3) is 0 Å². The minimum atomic E-state index is 0.699. The molecule has 0 bridgehead atoms. The summed E-state index contributed by atoms with van der Waals surface area (Å²) < 4.78 is 11.5. The molecule has 4 nitrogen and oxygen atoms in total. The molecule has 4 heteroatoms. The summed E-state index contributed by atoms with van der Waals surface area (Å²) in [4.78, 5) is 4.03. The van der Waals surface area contributed by atoms with Crippen molar-refractivity contribution in [3.05, 3.63) is 66.5 Å². The maximum Gasteiger partial charge on any atom is 0.142 e. The Morgan fingerprint density at radius 2 is 1.83 bits per heavy atom. The zero-order valence-corrected chi connectivity index (χ0v) is 12.7. The molecule has 0 amide bonds. The number of aromatic nitrogens is 1. The van der Waals surface area contributed by atoms with Crippen LogP contribution in [0.15, 0.2) is 65.3 Å². The Morgan fingerprint density at radius 3 is 2.65 bits per heavy atom. The van der Waals surface area contributed by atoms with E-state index < -0.39 is 0 Å². The van der Waals surface area contributed by atoms with E-state index in [0.717, 1.165) is 38.9 Å². The lowest BCUT2D eigenvalue weighted by Gasteiger charge is -2.11. The summed E-state index contributed by atoms with van der Waals surface area (Å²) in [5, 5.41) is 5.56. The van der Waals surface area contributed by atoms with Crippen LogP contribution >= 0.6 is 0 Å². The molecular weight excluding hydrogens is 288 g/mol. The van der Waals surface area contributed by atoms with Crippen molar-refractivity contribution < 1.29 is 9.15 Å². The molecule has 0 aliphatic carbocycles. The van der Waals surface area contributed by atoms with Crippen LogP contribution in [0.25, 0.3) is 21.9 Å². The van der Waals surface area contributed by atoms with E-state index >= 15 is 0 Å². The van der Waals surface area contributed by atoms with E-state index in [9.17, 15) is 0 Å². The lowest BCUT2D eigenvalue weighted by molar-refractivity contribution is 0.417. The Kier molecular flexibility index (Phi) is 3.35. The zero-order valence-electron chi connectivity index (χ0n) is 12.7. The van der Waals surface area contributed by atoms with Crippen LogP contribution in [0.5, 0.6) is 5.75 Å². The molecule has 2 heterocycles. The lowest BCUT2D eigenvalue weighted by Crippen LogP contribution is -2.01. The van der Waals surface area contributed by atoms with Gasteiger partial charge in [0.1, 0.15) is 16.9 Å². The molecule has 0 unspecified atom stereocenters. The number of pyridine rings is 1. The molecule has 0 aliphatic rings. The smallest absolute Gasteiger partial charge is 0.142 e. The Labute approximate surface area is 133 Å². The van der Waals surface area contributed by atoms with E-state index in [-0.39, 0.29) is 0 Å². The molecule has 4 rings (SSSR count). The van der Waals surface area contributed by atoms with E-state index in [2.05, 4.69) is 16.4 Å². The molecule has 0 saturated heterocycles. The topological polar surface area (TPSA) is 47.3 Å². The number of hydrogen-bond donors (Lipinski definition) is 1. The standard InChI is InChI=1S/C19H16N2O2/c1-22-19-10-15-14-4-2-3-5-17(14)23-18(15)11-16(19)21-12-13-6-8-20-9-7-13/h2-11,21H,12H2,1H3. The highest BCUT2D eigenvalue weighted by Crippen LogP contribution is 2.36. The number of fused-ring (bicyclic) bond motifs is 3. The lowest BCUT2D eigenvalue weighted by atomic mass is 10.1. The number of hydrogen-bond acceptors (Lipinski definition) is 4. The van der Waals surface area contributed by atoms with Crippen molar-refractivity contribution in [2.45, 2.75) is 6.54 Å². The normalized spacial score (nSPS) is 11.0. The summed E-state index contributed by atoms with van der Waals surface area (Å²) in [7, 11) is 1.68. The number of furan rings is 1. The van der Waals surface area contributed by atoms with Gasteiger partial charge in [-0.2, -0.15) is 0 Å². The Morgan fingerprint density at radius 1 is 1.00 bits per heavy atom. The van der Waals surface area contributed by atoms with Crippen molar-refractivity contribution in [1.29, 1.82) is 0 Å². The van der Waals surface area contributed by atoms with Gasteiger partial charge in [-0.05, 0) is 29.8 Å².